The summed E-state index contributed by atoms with van der Waals surface area (Å²) in [5.41, 5.74) is 0.0158. The number of aromatic hydroxyl groups is 1. The summed E-state index contributed by atoms with van der Waals surface area (Å²) >= 11 is 0. The maximum atomic E-state index is 12.6. The summed E-state index contributed by atoms with van der Waals surface area (Å²) in [5.74, 6) is 0.122. The highest BCUT2D eigenvalue weighted by Gasteiger charge is 2.46. The van der Waals surface area contributed by atoms with Crippen LogP contribution in [0.2, 0.25) is 0 Å². The molecule has 0 saturated carbocycles. The summed E-state index contributed by atoms with van der Waals surface area (Å²) in [6, 6.07) is 0. The maximum absolute atomic E-state index is 12.6. The molecule has 0 aliphatic carbocycles. The first kappa shape index (κ1) is 28.6. The Balaban J connectivity index is 4.28. The largest absolute Gasteiger partial charge is 0.504 e. The molecule has 0 amide bonds. The van der Waals surface area contributed by atoms with E-state index in [1.165, 1.54) is 14.2 Å². The first-order valence-corrected chi connectivity index (χ1v) is 13.0. The molecule has 0 spiro atoms. The fourth-order valence-electron chi connectivity index (χ4n) is 5.97. The lowest BCUT2D eigenvalue weighted by Gasteiger charge is -2.47. The normalized spacial score (nSPS) is 14.0. The minimum absolute atomic E-state index is 0.0141. The Hall–Kier alpha value is -1.47. The van der Waals surface area contributed by atoms with Gasteiger partial charge in [-0.25, -0.2) is 0 Å². The zero-order valence-electron chi connectivity index (χ0n) is 21.6. The third-order valence-corrected chi connectivity index (χ3v) is 7.26. The van der Waals surface area contributed by atoms with E-state index in [2.05, 4.69) is 48.5 Å². The third kappa shape index (κ3) is 5.90. The van der Waals surface area contributed by atoms with Crippen LogP contribution >= 0.6 is 0 Å². The predicted octanol–water partition coefficient (Wildman–Crippen LogP) is 6.59. The van der Waals surface area contributed by atoms with Crippen molar-refractivity contribution >= 4 is 10.1 Å². The van der Waals surface area contributed by atoms with Gasteiger partial charge in [0, 0.05) is 17.0 Å². The minimum Gasteiger partial charge on any atom is -0.504 e. The third-order valence-electron chi connectivity index (χ3n) is 6.32. The summed E-state index contributed by atoms with van der Waals surface area (Å²) in [6.45, 7) is 16.9. The van der Waals surface area contributed by atoms with Gasteiger partial charge in [-0.2, -0.15) is 8.42 Å². The van der Waals surface area contributed by atoms with Gasteiger partial charge in [-0.1, -0.05) is 68.2 Å². The molecule has 0 saturated heterocycles. The van der Waals surface area contributed by atoms with Crippen molar-refractivity contribution in [2.24, 2.45) is 16.7 Å². The van der Waals surface area contributed by atoms with Crippen molar-refractivity contribution in [1.82, 2.24) is 0 Å². The van der Waals surface area contributed by atoms with Crippen molar-refractivity contribution in [1.29, 1.82) is 0 Å². The Morgan fingerprint density at radius 1 is 0.938 bits per heavy atom. The van der Waals surface area contributed by atoms with Crippen LogP contribution in [0.5, 0.6) is 17.2 Å². The van der Waals surface area contributed by atoms with Crippen LogP contribution in [0.1, 0.15) is 98.1 Å². The Labute approximate surface area is 195 Å². The predicted molar refractivity (Wildman–Crippen MR) is 130 cm³/mol. The number of phenols is 1. The summed E-state index contributed by atoms with van der Waals surface area (Å²) in [6.07, 6.45) is 3.56. The molecule has 0 bridgehead atoms. The highest BCUT2D eigenvalue weighted by molar-refractivity contribution is 7.86. The van der Waals surface area contributed by atoms with E-state index >= 15 is 0 Å². The van der Waals surface area contributed by atoms with E-state index in [0.29, 0.717) is 24.3 Å². The standard InChI is InChI=1S/C25H44O6S/c1-11-13-17-20(30-9)19(26)18(21(31-10)22(17)32(27,28)29)23(24(5,6)14-12-2)25(7,8)15-16(3)4/h16,23,26H,11-15H2,1-10H3,(H,27,28,29). The minimum atomic E-state index is -4.65. The number of rotatable bonds is 12. The molecule has 0 aromatic heterocycles. The van der Waals surface area contributed by atoms with Gasteiger partial charge in [-0.05, 0) is 36.0 Å². The first-order valence-electron chi connectivity index (χ1n) is 11.6. The molecule has 7 heteroatoms. The van der Waals surface area contributed by atoms with Crippen LogP contribution < -0.4 is 9.47 Å². The number of ether oxygens (including phenoxy) is 2. The molecule has 1 aromatic rings. The second-order valence-corrected chi connectivity index (χ2v) is 12.0. The number of hydrogen-bond donors (Lipinski definition) is 2. The summed E-state index contributed by atoms with van der Waals surface area (Å²) in [5, 5.41) is 11.5. The average molecular weight is 473 g/mol. The first-order chi connectivity index (χ1) is 14.6. The summed E-state index contributed by atoms with van der Waals surface area (Å²) < 4.78 is 46.7. The lowest BCUT2D eigenvalue weighted by molar-refractivity contribution is 0.103. The highest BCUT2D eigenvalue weighted by Crippen LogP contribution is 2.60. The van der Waals surface area contributed by atoms with E-state index in [-0.39, 0.29) is 44.5 Å². The topological polar surface area (TPSA) is 93.1 Å². The second-order valence-electron chi connectivity index (χ2n) is 10.6. The van der Waals surface area contributed by atoms with Crippen LogP contribution in [0.4, 0.5) is 0 Å². The molecule has 0 radical (unpaired) electrons. The molecular weight excluding hydrogens is 428 g/mol. The molecular formula is C25H44O6S. The smallest absolute Gasteiger partial charge is 0.298 e. The molecule has 2 N–H and O–H groups in total. The molecule has 32 heavy (non-hydrogen) atoms. The fraction of sp³-hybridized carbons (Fsp3) is 0.760. The van der Waals surface area contributed by atoms with E-state index in [9.17, 15) is 18.1 Å². The van der Waals surface area contributed by atoms with Crippen LogP contribution in [0, 0.1) is 16.7 Å². The molecule has 0 aliphatic rings. The van der Waals surface area contributed by atoms with Crippen molar-refractivity contribution in [3.63, 3.8) is 0 Å². The highest BCUT2D eigenvalue weighted by atomic mass is 32.2. The Bertz CT molecular complexity index is 884. The van der Waals surface area contributed by atoms with Gasteiger partial charge in [0.2, 0.25) is 0 Å². The van der Waals surface area contributed by atoms with Crippen LogP contribution in [0.3, 0.4) is 0 Å². The van der Waals surface area contributed by atoms with Crippen LogP contribution in [-0.4, -0.2) is 32.3 Å². The van der Waals surface area contributed by atoms with Crippen LogP contribution in [0.15, 0.2) is 4.90 Å². The lowest BCUT2D eigenvalue weighted by atomic mass is 9.58. The number of hydrogen-bond acceptors (Lipinski definition) is 5. The van der Waals surface area contributed by atoms with E-state index in [1.807, 2.05) is 6.92 Å². The fourth-order valence-corrected chi connectivity index (χ4v) is 6.91. The van der Waals surface area contributed by atoms with Crippen molar-refractivity contribution in [2.75, 3.05) is 14.2 Å². The Morgan fingerprint density at radius 3 is 1.84 bits per heavy atom. The average Bonchev–Trinajstić information content (AvgIpc) is 2.61. The summed E-state index contributed by atoms with van der Waals surface area (Å²) in [4.78, 5) is -0.302. The molecule has 1 rings (SSSR count). The van der Waals surface area contributed by atoms with Gasteiger partial charge < -0.3 is 14.6 Å². The monoisotopic (exact) mass is 472 g/mol. The quantitative estimate of drug-likeness (QED) is 0.333. The maximum Gasteiger partial charge on any atom is 0.298 e. The van der Waals surface area contributed by atoms with Crippen molar-refractivity contribution < 1.29 is 27.6 Å². The summed E-state index contributed by atoms with van der Waals surface area (Å²) in [7, 11) is -1.86. The van der Waals surface area contributed by atoms with Gasteiger partial charge in [0.25, 0.3) is 10.1 Å². The molecule has 1 unspecified atom stereocenters. The molecule has 0 aliphatic heterocycles. The van der Waals surface area contributed by atoms with Gasteiger partial charge in [0.1, 0.15) is 10.6 Å². The van der Waals surface area contributed by atoms with Crippen molar-refractivity contribution in [3.05, 3.63) is 11.1 Å². The van der Waals surface area contributed by atoms with Crippen molar-refractivity contribution in [3.8, 4) is 17.2 Å². The zero-order valence-corrected chi connectivity index (χ0v) is 22.4. The second kappa shape index (κ2) is 10.6. The van der Waals surface area contributed by atoms with E-state index in [4.69, 9.17) is 9.47 Å². The van der Waals surface area contributed by atoms with Crippen molar-refractivity contribution in [2.45, 2.75) is 98.3 Å². The molecule has 0 fully saturated rings. The lowest BCUT2D eigenvalue weighted by Crippen LogP contribution is -2.36. The SMILES string of the molecule is CCCc1c(OC)c(O)c(C(C(C)(C)CCC)C(C)(C)CC(C)C)c(OC)c1S(=O)(=O)O. The number of phenolic OH excluding ortho intramolecular Hbond substituents is 1. The number of benzene rings is 1. The zero-order chi connectivity index (χ0) is 25.1. The molecule has 0 heterocycles. The molecule has 6 nitrogen and oxygen atoms in total. The van der Waals surface area contributed by atoms with Gasteiger partial charge in [-0.15, -0.1) is 0 Å². The van der Waals surface area contributed by atoms with Gasteiger partial charge >= 0.3 is 0 Å². The van der Waals surface area contributed by atoms with E-state index in [0.717, 1.165) is 19.3 Å². The van der Waals surface area contributed by atoms with Gasteiger partial charge in [-0.3, -0.25) is 4.55 Å². The van der Waals surface area contributed by atoms with E-state index < -0.39 is 10.1 Å². The number of methoxy groups -OCH3 is 2. The molecule has 1 aromatic carbocycles. The van der Waals surface area contributed by atoms with Crippen LogP contribution in [-0.2, 0) is 16.5 Å². The molecule has 186 valence electrons. The Morgan fingerprint density at radius 2 is 1.47 bits per heavy atom. The van der Waals surface area contributed by atoms with Crippen LogP contribution in [0.25, 0.3) is 0 Å². The Kier molecular flexibility index (Phi) is 9.50. The van der Waals surface area contributed by atoms with Gasteiger partial charge in [0.15, 0.2) is 11.5 Å². The van der Waals surface area contributed by atoms with Gasteiger partial charge in [0.05, 0.1) is 14.2 Å². The van der Waals surface area contributed by atoms with E-state index in [1.54, 1.807) is 0 Å². The molecule has 1 atom stereocenters.